The van der Waals surface area contributed by atoms with E-state index in [0.29, 0.717) is 17.8 Å². The second-order valence-electron chi connectivity index (χ2n) is 5.21. The fourth-order valence-electron chi connectivity index (χ4n) is 2.33. The second-order valence-corrected chi connectivity index (χ2v) is 5.99. The minimum atomic E-state index is -0.338. The van der Waals surface area contributed by atoms with Gasteiger partial charge in [-0.3, -0.25) is 0 Å². The minimum absolute atomic E-state index is 0.165. The molecule has 6 heteroatoms. The molecule has 0 aliphatic carbocycles. The summed E-state index contributed by atoms with van der Waals surface area (Å²) in [5.74, 6) is -0.338. The maximum Gasteiger partial charge on any atom is 0.339 e. The molecule has 0 radical (unpaired) electrons. The van der Waals surface area contributed by atoms with Gasteiger partial charge in [-0.25, -0.2) is 14.5 Å². The number of hydrogen-bond acceptors (Lipinski definition) is 5. The van der Waals surface area contributed by atoms with Crippen LogP contribution >= 0.6 is 11.3 Å². The molecule has 3 aromatic rings. The zero-order valence-corrected chi connectivity index (χ0v) is 13.6. The lowest BCUT2D eigenvalue weighted by molar-refractivity contribution is 0.0528. The van der Waals surface area contributed by atoms with Gasteiger partial charge in [0.2, 0.25) is 0 Å². The smallest absolute Gasteiger partial charge is 0.339 e. The van der Waals surface area contributed by atoms with E-state index in [9.17, 15) is 4.79 Å². The number of fused-ring (bicyclic) bond motifs is 1. The van der Waals surface area contributed by atoms with Crippen LogP contribution in [0.15, 0.2) is 29.1 Å². The first-order chi connectivity index (χ1) is 10.6. The van der Waals surface area contributed by atoms with Crippen molar-refractivity contribution in [2.45, 2.75) is 26.8 Å². The number of carbonyl (C=O) groups excluding carboxylic acids is 1. The van der Waals surface area contributed by atoms with E-state index >= 15 is 0 Å². The van der Waals surface area contributed by atoms with Crippen molar-refractivity contribution >= 4 is 28.3 Å². The van der Waals surface area contributed by atoms with E-state index in [4.69, 9.17) is 9.72 Å². The van der Waals surface area contributed by atoms with E-state index in [1.165, 1.54) is 0 Å². The first kappa shape index (κ1) is 14.7. The van der Waals surface area contributed by atoms with Gasteiger partial charge in [-0.2, -0.15) is 16.4 Å². The fraction of sp³-hybridized carbons (Fsp3) is 0.312. The normalized spacial score (nSPS) is 11.3. The highest BCUT2D eigenvalue weighted by atomic mass is 32.1. The first-order valence-corrected chi connectivity index (χ1v) is 8.14. The van der Waals surface area contributed by atoms with E-state index in [-0.39, 0.29) is 12.0 Å². The summed E-state index contributed by atoms with van der Waals surface area (Å²) >= 11 is 1.60. The number of ether oxygens (including phenoxy) is 1. The summed E-state index contributed by atoms with van der Waals surface area (Å²) in [7, 11) is 0. The van der Waals surface area contributed by atoms with Crippen LogP contribution < -0.4 is 0 Å². The van der Waals surface area contributed by atoms with Crippen LogP contribution in [0.25, 0.3) is 22.3 Å². The number of pyridine rings is 1. The van der Waals surface area contributed by atoms with Gasteiger partial charge in [0.25, 0.3) is 0 Å². The van der Waals surface area contributed by atoms with Crippen molar-refractivity contribution < 1.29 is 9.53 Å². The molecule has 114 valence electrons. The summed E-state index contributed by atoms with van der Waals surface area (Å²) in [5.41, 5.74) is 2.98. The average Bonchev–Trinajstić information content (AvgIpc) is 3.15. The van der Waals surface area contributed by atoms with Gasteiger partial charge in [-0.1, -0.05) is 0 Å². The Morgan fingerprint density at radius 2 is 2.27 bits per heavy atom. The highest BCUT2D eigenvalue weighted by molar-refractivity contribution is 7.08. The fourth-order valence-corrected chi connectivity index (χ4v) is 2.98. The van der Waals surface area contributed by atoms with Crippen LogP contribution in [0.4, 0.5) is 0 Å². The maximum absolute atomic E-state index is 12.3. The van der Waals surface area contributed by atoms with Gasteiger partial charge in [-0.15, -0.1) is 0 Å². The first-order valence-electron chi connectivity index (χ1n) is 7.19. The Hall–Kier alpha value is -2.21. The average molecular weight is 315 g/mol. The van der Waals surface area contributed by atoms with Gasteiger partial charge in [0, 0.05) is 17.0 Å². The molecule has 0 unspecified atom stereocenters. The monoisotopic (exact) mass is 315 g/mol. The van der Waals surface area contributed by atoms with Crippen molar-refractivity contribution in [2.24, 2.45) is 0 Å². The third-order valence-corrected chi connectivity index (χ3v) is 4.05. The highest BCUT2D eigenvalue weighted by Crippen LogP contribution is 2.27. The van der Waals surface area contributed by atoms with Crippen LogP contribution in [0.2, 0.25) is 0 Å². The molecule has 3 aromatic heterocycles. The summed E-state index contributed by atoms with van der Waals surface area (Å²) in [4.78, 5) is 17.0. The standard InChI is InChI=1S/C16H17N3O2S/c1-4-21-16(20)12-7-14(11-5-6-22-9-11)18-15-13(12)8-17-19(15)10(2)3/h5-10H,4H2,1-3H3. The number of thiophene rings is 1. The quantitative estimate of drug-likeness (QED) is 0.685. The zero-order valence-electron chi connectivity index (χ0n) is 12.7. The SMILES string of the molecule is CCOC(=O)c1cc(-c2ccsc2)nc2c1cnn2C(C)C. The van der Waals surface area contributed by atoms with E-state index in [2.05, 4.69) is 5.10 Å². The van der Waals surface area contributed by atoms with Crippen molar-refractivity contribution in [3.8, 4) is 11.3 Å². The second kappa shape index (κ2) is 5.88. The predicted octanol–water partition coefficient (Wildman–Crippen LogP) is 3.92. The van der Waals surface area contributed by atoms with Crippen molar-refractivity contribution in [1.82, 2.24) is 14.8 Å². The van der Waals surface area contributed by atoms with Crippen molar-refractivity contribution in [1.29, 1.82) is 0 Å². The molecule has 0 fully saturated rings. The maximum atomic E-state index is 12.3. The molecule has 0 spiro atoms. The molecule has 22 heavy (non-hydrogen) atoms. The Kier molecular flexibility index (Phi) is 3.94. The molecule has 0 aliphatic heterocycles. The Morgan fingerprint density at radius 1 is 1.45 bits per heavy atom. The summed E-state index contributed by atoms with van der Waals surface area (Å²) in [5, 5.41) is 9.10. The molecule has 0 bridgehead atoms. The largest absolute Gasteiger partial charge is 0.462 e. The van der Waals surface area contributed by atoms with Gasteiger partial charge in [0.15, 0.2) is 5.65 Å². The van der Waals surface area contributed by atoms with Gasteiger partial charge in [-0.05, 0) is 38.3 Å². The molecule has 0 N–H and O–H groups in total. The molecular weight excluding hydrogens is 298 g/mol. The number of rotatable bonds is 4. The Morgan fingerprint density at radius 3 is 2.91 bits per heavy atom. The van der Waals surface area contributed by atoms with Crippen LogP contribution in [0, 0.1) is 0 Å². The van der Waals surface area contributed by atoms with E-state index in [0.717, 1.165) is 16.6 Å². The lowest BCUT2D eigenvalue weighted by Crippen LogP contribution is -2.08. The van der Waals surface area contributed by atoms with Gasteiger partial charge in [0.05, 0.1) is 29.4 Å². The number of aromatic nitrogens is 3. The van der Waals surface area contributed by atoms with Crippen LogP contribution in [0.3, 0.4) is 0 Å². The molecule has 0 saturated carbocycles. The van der Waals surface area contributed by atoms with Gasteiger partial charge < -0.3 is 4.74 Å². The molecule has 0 aliphatic rings. The van der Waals surface area contributed by atoms with Crippen LogP contribution in [0.5, 0.6) is 0 Å². The van der Waals surface area contributed by atoms with Crippen molar-refractivity contribution in [3.05, 3.63) is 34.7 Å². The molecule has 0 amide bonds. The Balaban J connectivity index is 2.26. The highest BCUT2D eigenvalue weighted by Gasteiger charge is 2.19. The number of nitrogens with zero attached hydrogens (tertiary/aromatic N) is 3. The molecular formula is C16H17N3O2S. The molecule has 3 rings (SSSR count). The topological polar surface area (TPSA) is 57.0 Å². The van der Waals surface area contributed by atoms with Crippen molar-refractivity contribution in [2.75, 3.05) is 6.61 Å². The van der Waals surface area contributed by atoms with Crippen molar-refractivity contribution in [3.63, 3.8) is 0 Å². The minimum Gasteiger partial charge on any atom is -0.462 e. The van der Waals surface area contributed by atoms with Crippen LogP contribution in [0.1, 0.15) is 37.2 Å². The third kappa shape index (κ3) is 2.50. The molecule has 5 nitrogen and oxygen atoms in total. The Labute approximate surface area is 132 Å². The lowest BCUT2D eigenvalue weighted by Gasteiger charge is -2.09. The van der Waals surface area contributed by atoms with Gasteiger partial charge >= 0.3 is 5.97 Å². The molecule has 3 heterocycles. The molecule has 0 aromatic carbocycles. The summed E-state index contributed by atoms with van der Waals surface area (Å²) in [6.45, 7) is 6.22. The van der Waals surface area contributed by atoms with Crippen LogP contribution in [-0.4, -0.2) is 27.3 Å². The molecule has 0 atom stereocenters. The predicted molar refractivity (Wildman–Crippen MR) is 87.2 cm³/mol. The number of carbonyl (C=O) groups is 1. The molecule has 0 saturated heterocycles. The van der Waals surface area contributed by atoms with E-state index < -0.39 is 0 Å². The summed E-state index contributed by atoms with van der Waals surface area (Å²) < 4.78 is 7.00. The lowest BCUT2D eigenvalue weighted by atomic mass is 10.1. The number of hydrogen-bond donors (Lipinski definition) is 0. The number of esters is 1. The summed E-state index contributed by atoms with van der Waals surface area (Å²) in [6, 6.07) is 3.94. The summed E-state index contributed by atoms with van der Waals surface area (Å²) in [6.07, 6.45) is 1.69. The van der Waals surface area contributed by atoms with Crippen LogP contribution in [-0.2, 0) is 4.74 Å². The zero-order chi connectivity index (χ0) is 15.7. The van der Waals surface area contributed by atoms with E-state index in [1.54, 1.807) is 30.5 Å². The van der Waals surface area contributed by atoms with E-state index in [1.807, 2.05) is 35.4 Å². The Bertz CT molecular complexity index is 806. The van der Waals surface area contributed by atoms with Gasteiger partial charge in [0.1, 0.15) is 0 Å². The third-order valence-electron chi connectivity index (χ3n) is 3.37.